The van der Waals surface area contributed by atoms with Gasteiger partial charge in [-0.15, -0.1) is 0 Å². The number of carbonyl (C=O) groups excluding carboxylic acids is 3. The van der Waals surface area contributed by atoms with Crippen LogP contribution >= 0.6 is 15.9 Å². The summed E-state index contributed by atoms with van der Waals surface area (Å²) in [7, 11) is 0. The van der Waals surface area contributed by atoms with E-state index >= 15 is 0 Å². The lowest BCUT2D eigenvalue weighted by Crippen LogP contribution is -2.42. The molecular weight excluding hydrogens is 434 g/mol. The molecule has 152 valence electrons. The van der Waals surface area contributed by atoms with Crippen LogP contribution in [0.3, 0.4) is 0 Å². The van der Waals surface area contributed by atoms with Crippen LogP contribution in [0.25, 0.3) is 0 Å². The second kappa shape index (κ2) is 8.37. The van der Waals surface area contributed by atoms with E-state index in [9.17, 15) is 14.4 Å². The standard InChI is InChI=1S/C22H24BrN3O3/c1-4-5-15-7-9-16(10-8-15)22(3)20(28)26(21(29)25-22)13-19(27)24-18-11-6-14(2)12-17(18)23/h6-12H,4-5,13H2,1-3H3,(H,24,27)(H,25,29). The molecule has 1 saturated heterocycles. The van der Waals surface area contributed by atoms with Gasteiger partial charge in [-0.3, -0.25) is 14.5 Å². The Morgan fingerprint density at radius 2 is 1.86 bits per heavy atom. The summed E-state index contributed by atoms with van der Waals surface area (Å²) >= 11 is 3.40. The average molecular weight is 458 g/mol. The Hall–Kier alpha value is -2.67. The molecule has 2 aromatic rings. The molecule has 1 aliphatic rings. The molecule has 1 unspecified atom stereocenters. The second-order valence-electron chi connectivity index (χ2n) is 7.42. The van der Waals surface area contributed by atoms with Crippen molar-refractivity contribution in [2.24, 2.45) is 0 Å². The van der Waals surface area contributed by atoms with Crippen LogP contribution in [0.1, 0.15) is 37.0 Å². The molecule has 1 aliphatic heterocycles. The molecule has 29 heavy (non-hydrogen) atoms. The van der Waals surface area contributed by atoms with Gasteiger partial charge in [0.05, 0.1) is 5.69 Å². The highest BCUT2D eigenvalue weighted by molar-refractivity contribution is 9.10. The smallest absolute Gasteiger partial charge is 0.323 e. The Kier molecular flexibility index (Phi) is 6.07. The Labute approximate surface area is 178 Å². The number of hydrogen-bond acceptors (Lipinski definition) is 3. The average Bonchev–Trinajstić information content (AvgIpc) is 2.89. The molecule has 6 nitrogen and oxygen atoms in total. The molecule has 0 aliphatic carbocycles. The van der Waals surface area contributed by atoms with E-state index in [0.717, 1.165) is 27.8 Å². The molecule has 0 bridgehead atoms. The van der Waals surface area contributed by atoms with Crippen molar-refractivity contribution in [2.45, 2.75) is 39.2 Å². The summed E-state index contributed by atoms with van der Waals surface area (Å²) < 4.78 is 0.736. The number of halogens is 1. The summed E-state index contributed by atoms with van der Waals surface area (Å²) in [5, 5.41) is 5.47. The normalized spacial score (nSPS) is 18.7. The van der Waals surface area contributed by atoms with Crippen LogP contribution in [0.2, 0.25) is 0 Å². The van der Waals surface area contributed by atoms with E-state index < -0.39 is 23.4 Å². The molecule has 0 saturated carbocycles. The predicted octanol–water partition coefficient (Wildman–Crippen LogP) is 4.12. The molecule has 2 aromatic carbocycles. The van der Waals surface area contributed by atoms with Crippen LogP contribution in [0, 0.1) is 6.92 Å². The Morgan fingerprint density at radius 3 is 2.48 bits per heavy atom. The molecule has 0 aromatic heterocycles. The van der Waals surface area contributed by atoms with Crippen molar-refractivity contribution < 1.29 is 14.4 Å². The number of anilines is 1. The number of carbonyl (C=O) groups is 3. The van der Waals surface area contributed by atoms with Gasteiger partial charge in [0.25, 0.3) is 5.91 Å². The highest BCUT2D eigenvalue weighted by atomic mass is 79.9. The van der Waals surface area contributed by atoms with Crippen LogP contribution < -0.4 is 10.6 Å². The number of nitrogens with zero attached hydrogens (tertiary/aromatic N) is 1. The second-order valence-corrected chi connectivity index (χ2v) is 8.28. The molecular formula is C22H24BrN3O3. The minimum absolute atomic E-state index is 0.353. The molecule has 2 N–H and O–H groups in total. The van der Waals surface area contributed by atoms with Gasteiger partial charge in [-0.2, -0.15) is 0 Å². The molecule has 4 amide bonds. The quantitative estimate of drug-likeness (QED) is 0.640. The van der Waals surface area contributed by atoms with Crippen LogP contribution in [0.5, 0.6) is 0 Å². The fourth-order valence-corrected chi connectivity index (χ4v) is 3.98. The van der Waals surface area contributed by atoms with Crippen molar-refractivity contribution in [1.29, 1.82) is 0 Å². The Morgan fingerprint density at radius 1 is 1.17 bits per heavy atom. The summed E-state index contributed by atoms with van der Waals surface area (Å²) in [4.78, 5) is 38.9. The summed E-state index contributed by atoms with van der Waals surface area (Å²) in [5.41, 5.74) is 2.31. The first-order valence-electron chi connectivity index (χ1n) is 9.54. The fourth-order valence-electron chi connectivity index (χ4n) is 3.38. The third kappa shape index (κ3) is 4.34. The lowest BCUT2D eigenvalue weighted by atomic mass is 9.91. The summed E-state index contributed by atoms with van der Waals surface area (Å²) in [6.45, 7) is 5.36. The number of hydrogen-bond donors (Lipinski definition) is 2. The number of rotatable bonds is 6. The predicted molar refractivity (Wildman–Crippen MR) is 116 cm³/mol. The molecule has 1 fully saturated rings. The Balaban J connectivity index is 1.73. The van der Waals surface area contributed by atoms with Crippen molar-refractivity contribution in [3.8, 4) is 0 Å². The van der Waals surface area contributed by atoms with E-state index in [2.05, 4.69) is 33.5 Å². The minimum atomic E-state index is -1.19. The van der Waals surface area contributed by atoms with Gasteiger partial charge in [0.1, 0.15) is 12.1 Å². The zero-order valence-corrected chi connectivity index (χ0v) is 18.3. The zero-order valence-electron chi connectivity index (χ0n) is 16.7. The van der Waals surface area contributed by atoms with E-state index in [-0.39, 0.29) is 6.54 Å². The van der Waals surface area contributed by atoms with Crippen molar-refractivity contribution >= 4 is 39.5 Å². The lowest BCUT2D eigenvalue weighted by molar-refractivity contribution is -0.133. The van der Waals surface area contributed by atoms with Gasteiger partial charge in [0.2, 0.25) is 5.91 Å². The highest BCUT2D eigenvalue weighted by Crippen LogP contribution is 2.29. The van der Waals surface area contributed by atoms with Crippen LogP contribution in [-0.2, 0) is 21.5 Å². The number of benzene rings is 2. The van der Waals surface area contributed by atoms with Gasteiger partial charge in [-0.25, -0.2) is 4.79 Å². The van der Waals surface area contributed by atoms with Gasteiger partial charge in [-0.1, -0.05) is 43.7 Å². The molecule has 0 radical (unpaired) electrons. The van der Waals surface area contributed by atoms with Gasteiger partial charge < -0.3 is 10.6 Å². The van der Waals surface area contributed by atoms with Crippen LogP contribution in [-0.4, -0.2) is 29.3 Å². The number of imide groups is 1. The van der Waals surface area contributed by atoms with E-state index in [4.69, 9.17) is 0 Å². The van der Waals surface area contributed by atoms with Gasteiger partial charge in [-0.05, 0) is 65.0 Å². The molecule has 0 spiro atoms. The first kappa shape index (κ1) is 21.0. The largest absolute Gasteiger partial charge is 0.325 e. The number of urea groups is 1. The number of aryl methyl sites for hydroxylation is 2. The number of amides is 4. The molecule has 3 rings (SSSR count). The molecule has 7 heteroatoms. The number of nitrogens with one attached hydrogen (secondary N) is 2. The molecule has 1 heterocycles. The fraction of sp³-hybridized carbons (Fsp3) is 0.318. The van der Waals surface area contributed by atoms with E-state index in [0.29, 0.717) is 11.3 Å². The van der Waals surface area contributed by atoms with Gasteiger partial charge in [0, 0.05) is 4.47 Å². The van der Waals surface area contributed by atoms with Gasteiger partial charge >= 0.3 is 6.03 Å². The lowest BCUT2D eigenvalue weighted by Gasteiger charge is -2.22. The maximum absolute atomic E-state index is 13.0. The van der Waals surface area contributed by atoms with E-state index in [1.807, 2.05) is 43.3 Å². The minimum Gasteiger partial charge on any atom is -0.323 e. The Bertz CT molecular complexity index is 958. The maximum Gasteiger partial charge on any atom is 0.325 e. The first-order valence-corrected chi connectivity index (χ1v) is 10.3. The third-order valence-corrected chi connectivity index (χ3v) is 5.70. The van der Waals surface area contributed by atoms with Crippen molar-refractivity contribution in [3.05, 3.63) is 63.6 Å². The zero-order chi connectivity index (χ0) is 21.2. The highest BCUT2D eigenvalue weighted by Gasteiger charge is 2.49. The van der Waals surface area contributed by atoms with E-state index in [1.54, 1.807) is 13.0 Å². The van der Waals surface area contributed by atoms with Gasteiger partial charge in [0.15, 0.2) is 0 Å². The van der Waals surface area contributed by atoms with Crippen molar-refractivity contribution in [3.63, 3.8) is 0 Å². The topological polar surface area (TPSA) is 78.5 Å². The molecule has 1 atom stereocenters. The third-order valence-electron chi connectivity index (χ3n) is 5.05. The summed E-state index contributed by atoms with van der Waals surface area (Å²) in [5.74, 6) is -0.885. The summed E-state index contributed by atoms with van der Waals surface area (Å²) in [6, 6.07) is 12.6. The SMILES string of the molecule is CCCc1ccc(C2(C)NC(=O)N(CC(=O)Nc3ccc(C)cc3Br)C2=O)cc1. The maximum atomic E-state index is 13.0. The van der Waals surface area contributed by atoms with Crippen molar-refractivity contribution in [1.82, 2.24) is 10.2 Å². The van der Waals surface area contributed by atoms with E-state index in [1.165, 1.54) is 5.56 Å². The first-order chi connectivity index (χ1) is 13.7. The van der Waals surface area contributed by atoms with Crippen molar-refractivity contribution in [2.75, 3.05) is 11.9 Å². The monoisotopic (exact) mass is 457 g/mol. The van der Waals surface area contributed by atoms with Crippen LogP contribution in [0.15, 0.2) is 46.9 Å². The van der Waals surface area contributed by atoms with Crippen LogP contribution in [0.4, 0.5) is 10.5 Å². The summed E-state index contributed by atoms with van der Waals surface area (Å²) in [6.07, 6.45) is 1.99.